The van der Waals surface area contributed by atoms with Gasteiger partial charge in [-0.05, 0) is 56.3 Å². The predicted octanol–water partition coefficient (Wildman–Crippen LogP) is 3.44. The zero-order valence-electron chi connectivity index (χ0n) is 16.4. The molecule has 146 valence electrons. The van der Waals surface area contributed by atoms with E-state index < -0.39 is 0 Å². The van der Waals surface area contributed by atoms with E-state index in [1.165, 1.54) is 0 Å². The van der Waals surface area contributed by atoms with E-state index in [0.29, 0.717) is 31.2 Å². The number of aromatic nitrogens is 2. The number of carbonyl (C=O) groups is 1. The van der Waals surface area contributed by atoms with E-state index in [1.807, 2.05) is 36.4 Å². The molecule has 2 aromatic heterocycles. The Hall–Kier alpha value is -3.12. The van der Waals surface area contributed by atoms with Crippen LogP contribution in [0.1, 0.15) is 27.3 Å². The summed E-state index contributed by atoms with van der Waals surface area (Å²) in [5.41, 5.74) is 4.79. The zero-order chi connectivity index (χ0) is 19.9. The lowest BCUT2D eigenvalue weighted by atomic mass is 10.1. The van der Waals surface area contributed by atoms with Crippen LogP contribution in [-0.4, -0.2) is 35.8 Å². The molecule has 28 heavy (non-hydrogen) atoms. The van der Waals surface area contributed by atoms with E-state index in [0.717, 1.165) is 22.6 Å². The van der Waals surface area contributed by atoms with Crippen molar-refractivity contribution in [2.45, 2.75) is 20.4 Å². The second kappa shape index (κ2) is 9.19. The van der Waals surface area contributed by atoms with Crippen molar-refractivity contribution in [2.24, 2.45) is 0 Å². The maximum Gasteiger partial charge on any atom is 0.251 e. The highest BCUT2D eigenvalue weighted by Gasteiger charge is 2.10. The third-order valence-corrected chi connectivity index (χ3v) is 4.47. The first-order chi connectivity index (χ1) is 13.6. The molecule has 0 saturated carbocycles. The normalized spacial score (nSPS) is 10.7. The molecule has 0 aliphatic carbocycles. The van der Waals surface area contributed by atoms with E-state index in [2.05, 4.69) is 40.8 Å². The molecule has 0 aliphatic rings. The van der Waals surface area contributed by atoms with Crippen molar-refractivity contribution in [1.82, 2.24) is 14.9 Å². The van der Waals surface area contributed by atoms with E-state index in [4.69, 9.17) is 9.47 Å². The molecule has 0 fully saturated rings. The Bertz CT molecular complexity index is 913. The molecule has 6 nitrogen and oxygen atoms in total. The minimum absolute atomic E-state index is 0.140. The summed E-state index contributed by atoms with van der Waals surface area (Å²) < 4.78 is 12.7. The molecule has 3 rings (SSSR count). The first-order valence-electron chi connectivity index (χ1n) is 9.19. The van der Waals surface area contributed by atoms with Crippen LogP contribution in [0.5, 0.6) is 5.88 Å². The van der Waals surface area contributed by atoms with Crippen molar-refractivity contribution in [1.29, 1.82) is 0 Å². The Balaban J connectivity index is 1.64. The van der Waals surface area contributed by atoms with Crippen molar-refractivity contribution in [3.63, 3.8) is 0 Å². The van der Waals surface area contributed by atoms with E-state index in [-0.39, 0.29) is 5.91 Å². The second-order valence-corrected chi connectivity index (χ2v) is 6.49. The van der Waals surface area contributed by atoms with Gasteiger partial charge >= 0.3 is 0 Å². The molecule has 1 N–H and O–H groups in total. The van der Waals surface area contributed by atoms with Crippen LogP contribution in [0.3, 0.4) is 0 Å². The molecule has 3 aromatic rings. The monoisotopic (exact) mass is 379 g/mol. The quantitative estimate of drug-likeness (QED) is 0.609. The average molecular weight is 379 g/mol. The highest BCUT2D eigenvalue weighted by molar-refractivity contribution is 5.94. The molecule has 0 spiro atoms. The van der Waals surface area contributed by atoms with Crippen molar-refractivity contribution in [3.8, 4) is 11.6 Å². The molecule has 0 atom stereocenters. The summed E-state index contributed by atoms with van der Waals surface area (Å²) in [6, 6.07) is 15.5. The van der Waals surface area contributed by atoms with Gasteiger partial charge in [0.2, 0.25) is 5.88 Å². The molecule has 0 bridgehead atoms. The van der Waals surface area contributed by atoms with Crippen LogP contribution in [0.25, 0.3) is 5.69 Å². The van der Waals surface area contributed by atoms with Gasteiger partial charge in [-0.2, -0.15) is 0 Å². The van der Waals surface area contributed by atoms with Crippen LogP contribution >= 0.6 is 0 Å². The summed E-state index contributed by atoms with van der Waals surface area (Å²) in [5.74, 6) is 0.368. The average Bonchev–Trinajstić information content (AvgIpc) is 3.05. The van der Waals surface area contributed by atoms with E-state index >= 15 is 0 Å². The number of carbonyl (C=O) groups excluding carboxylic acids is 1. The van der Waals surface area contributed by atoms with E-state index in [9.17, 15) is 4.79 Å². The minimum Gasteiger partial charge on any atom is -0.475 e. The van der Waals surface area contributed by atoms with Gasteiger partial charge in [-0.15, -0.1) is 0 Å². The molecule has 0 aliphatic heterocycles. The maximum absolute atomic E-state index is 12.5. The summed E-state index contributed by atoms with van der Waals surface area (Å²) >= 11 is 0. The SMILES string of the molecule is COCCOc1ncccc1CNC(=O)c1ccc(-n2c(C)ccc2C)cc1. The fraction of sp³-hybridized carbons (Fsp3) is 0.273. The minimum atomic E-state index is -0.140. The Morgan fingerprint density at radius 1 is 1.04 bits per heavy atom. The highest BCUT2D eigenvalue weighted by Crippen LogP contribution is 2.17. The largest absolute Gasteiger partial charge is 0.475 e. The fourth-order valence-corrected chi connectivity index (χ4v) is 3.03. The number of amides is 1. The topological polar surface area (TPSA) is 65.4 Å². The molecule has 1 amide bonds. The van der Waals surface area contributed by atoms with Gasteiger partial charge in [-0.25, -0.2) is 4.98 Å². The first-order valence-corrected chi connectivity index (χ1v) is 9.19. The van der Waals surface area contributed by atoms with Crippen LogP contribution in [0.4, 0.5) is 0 Å². The van der Waals surface area contributed by atoms with Crippen LogP contribution < -0.4 is 10.1 Å². The number of ether oxygens (including phenoxy) is 2. The number of nitrogens with one attached hydrogen (secondary N) is 1. The molecular formula is C22H25N3O3. The molecule has 1 aromatic carbocycles. The Morgan fingerprint density at radius 2 is 1.75 bits per heavy atom. The Kier molecular flexibility index (Phi) is 6.45. The van der Waals surface area contributed by atoms with Crippen molar-refractivity contribution >= 4 is 5.91 Å². The number of nitrogens with zero attached hydrogens (tertiary/aromatic N) is 2. The standard InChI is InChI=1S/C22H25N3O3/c1-16-6-7-17(2)25(16)20-10-8-18(9-11-20)21(26)24-15-19-5-4-12-23-22(19)28-14-13-27-3/h4-12H,13-15H2,1-3H3,(H,24,26). The second-order valence-electron chi connectivity index (χ2n) is 6.49. The Labute approximate surface area is 165 Å². The lowest BCUT2D eigenvalue weighted by Crippen LogP contribution is -2.23. The number of hydrogen-bond acceptors (Lipinski definition) is 4. The summed E-state index contributed by atoms with van der Waals surface area (Å²) in [6.07, 6.45) is 1.66. The predicted molar refractivity (Wildman–Crippen MR) is 108 cm³/mol. The van der Waals surface area contributed by atoms with Gasteiger partial charge in [0.1, 0.15) is 6.61 Å². The lowest BCUT2D eigenvalue weighted by molar-refractivity contribution is 0.0950. The number of rotatable bonds is 8. The molecule has 0 saturated heterocycles. The van der Waals surface area contributed by atoms with Crippen molar-refractivity contribution < 1.29 is 14.3 Å². The van der Waals surface area contributed by atoms with Gasteiger partial charge < -0.3 is 19.4 Å². The van der Waals surface area contributed by atoms with Crippen LogP contribution in [0, 0.1) is 13.8 Å². The first kappa shape index (κ1) is 19.6. The van der Waals surface area contributed by atoms with E-state index in [1.54, 1.807) is 13.3 Å². The van der Waals surface area contributed by atoms with Gasteiger partial charge in [0.05, 0.1) is 6.61 Å². The highest BCUT2D eigenvalue weighted by atomic mass is 16.5. The van der Waals surface area contributed by atoms with Gasteiger partial charge in [0, 0.05) is 48.1 Å². The molecular weight excluding hydrogens is 354 g/mol. The maximum atomic E-state index is 12.5. The summed E-state index contributed by atoms with van der Waals surface area (Å²) in [7, 11) is 1.62. The molecule has 6 heteroatoms. The number of hydrogen-bond donors (Lipinski definition) is 1. The smallest absolute Gasteiger partial charge is 0.251 e. The number of pyridine rings is 1. The Morgan fingerprint density at radius 3 is 2.43 bits per heavy atom. The fourth-order valence-electron chi connectivity index (χ4n) is 3.03. The number of aryl methyl sites for hydroxylation is 2. The van der Waals surface area contributed by atoms with Gasteiger partial charge in [0.15, 0.2) is 0 Å². The molecule has 2 heterocycles. The van der Waals surface area contributed by atoms with Crippen LogP contribution in [-0.2, 0) is 11.3 Å². The number of methoxy groups -OCH3 is 1. The van der Waals surface area contributed by atoms with Gasteiger partial charge in [0.25, 0.3) is 5.91 Å². The third-order valence-electron chi connectivity index (χ3n) is 4.47. The van der Waals surface area contributed by atoms with Crippen molar-refractivity contribution in [2.75, 3.05) is 20.3 Å². The third kappa shape index (κ3) is 4.58. The van der Waals surface area contributed by atoms with Gasteiger partial charge in [-0.3, -0.25) is 4.79 Å². The number of benzene rings is 1. The van der Waals surface area contributed by atoms with Crippen LogP contribution in [0.15, 0.2) is 54.7 Å². The summed E-state index contributed by atoms with van der Waals surface area (Å²) in [5, 5.41) is 2.93. The van der Waals surface area contributed by atoms with Crippen molar-refractivity contribution in [3.05, 3.63) is 77.2 Å². The summed E-state index contributed by atoms with van der Waals surface area (Å²) in [6.45, 7) is 5.36. The molecule has 0 unspecified atom stereocenters. The lowest BCUT2D eigenvalue weighted by Gasteiger charge is -2.12. The zero-order valence-corrected chi connectivity index (χ0v) is 16.4. The summed E-state index contributed by atoms with van der Waals surface area (Å²) in [4.78, 5) is 16.7. The molecule has 0 radical (unpaired) electrons. The van der Waals surface area contributed by atoms with Gasteiger partial charge in [-0.1, -0.05) is 6.07 Å². The van der Waals surface area contributed by atoms with Crippen LogP contribution in [0.2, 0.25) is 0 Å².